The number of aliphatic imine (C=N–C) groups is 2. The van der Waals surface area contributed by atoms with E-state index in [-0.39, 0.29) is 35.7 Å². The van der Waals surface area contributed by atoms with E-state index >= 15 is 0 Å². The standard InChI is InChI=1S/C18H23N5O7S/c1-10-5-6-13(15(24)30-12-8-29-9-12)14(7-10)31(26,27)22-17(25)20-16-19-11(2)23(3)18(21-16)28-4/h5-7,11-12H,8-9H2,1-4H3,(H2,19,20,22,25). The maximum absolute atomic E-state index is 12.9. The lowest BCUT2D eigenvalue weighted by Crippen LogP contribution is -2.47. The molecule has 0 aromatic heterocycles. The number of aryl methyl sites for hydroxylation is 1. The van der Waals surface area contributed by atoms with E-state index in [2.05, 4.69) is 15.3 Å². The van der Waals surface area contributed by atoms with E-state index in [0.29, 0.717) is 5.56 Å². The van der Waals surface area contributed by atoms with Gasteiger partial charge in [0, 0.05) is 7.05 Å². The summed E-state index contributed by atoms with van der Waals surface area (Å²) in [7, 11) is -1.31. The number of benzene rings is 1. The predicted octanol–water partition coefficient (Wildman–Crippen LogP) is 0.188. The number of sulfonamides is 1. The highest BCUT2D eigenvalue weighted by molar-refractivity contribution is 7.90. The molecule has 2 aliphatic heterocycles. The van der Waals surface area contributed by atoms with Crippen molar-refractivity contribution < 1.29 is 32.2 Å². The number of nitrogens with zero attached hydrogens (tertiary/aromatic N) is 3. The summed E-state index contributed by atoms with van der Waals surface area (Å²) in [5, 5.41) is 2.27. The van der Waals surface area contributed by atoms with Crippen LogP contribution in [0.2, 0.25) is 0 Å². The lowest BCUT2D eigenvalue weighted by molar-refractivity contribution is -0.103. The number of carbonyl (C=O) groups is 2. The second-order valence-corrected chi connectivity index (χ2v) is 8.57. The number of ether oxygens (including phenoxy) is 3. The summed E-state index contributed by atoms with van der Waals surface area (Å²) >= 11 is 0. The number of nitrogens with one attached hydrogen (secondary N) is 2. The van der Waals surface area contributed by atoms with Crippen LogP contribution < -0.4 is 10.0 Å². The van der Waals surface area contributed by atoms with Crippen molar-refractivity contribution >= 4 is 34.0 Å². The van der Waals surface area contributed by atoms with Crippen LogP contribution in [0.25, 0.3) is 0 Å². The van der Waals surface area contributed by atoms with Crippen LogP contribution in [-0.4, -0.2) is 76.9 Å². The van der Waals surface area contributed by atoms with Crippen LogP contribution in [0.5, 0.6) is 0 Å². The van der Waals surface area contributed by atoms with Crippen molar-refractivity contribution in [2.45, 2.75) is 31.0 Å². The lowest BCUT2D eigenvalue weighted by Gasteiger charge is -2.27. The van der Waals surface area contributed by atoms with E-state index in [0.717, 1.165) is 0 Å². The molecule has 0 aliphatic carbocycles. The monoisotopic (exact) mass is 453 g/mol. The number of carbonyl (C=O) groups excluding carboxylic acids is 2. The number of amides is 2. The first-order chi connectivity index (χ1) is 14.6. The van der Waals surface area contributed by atoms with Gasteiger partial charge in [-0.15, -0.1) is 0 Å². The van der Waals surface area contributed by atoms with Gasteiger partial charge in [-0.1, -0.05) is 6.07 Å². The molecule has 0 bridgehead atoms. The third-order valence-electron chi connectivity index (χ3n) is 4.54. The predicted molar refractivity (Wildman–Crippen MR) is 109 cm³/mol. The molecule has 13 heteroatoms. The second kappa shape index (κ2) is 8.89. The first-order valence-corrected chi connectivity index (χ1v) is 10.8. The van der Waals surface area contributed by atoms with Gasteiger partial charge in [0.2, 0.25) is 5.96 Å². The molecular formula is C18H23N5O7S. The van der Waals surface area contributed by atoms with Crippen LogP contribution in [0.3, 0.4) is 0 Å². The Bertz CT molecular complexity index is 1050. The Morgan fingerprint density at radius 1 is 1.29 bits per heavy atom. The van der Waals surface area contributed by atoms with Crippen molar-refractivity contribution in [3.63, 3.8) is 0 Å². The molecular weight excluding hydrogens is 430 g/mol. The van der Waals surface area contributed by atoms with Gasteiger partial charge in [-0.3, -0.25) is 5.32 Å². The fourth-order valence-electron chi connectivity index (χ4n) is 2.69. The smallest absolute Gasteiger partial charge is 0.339 e. The summed E-state index contributed by atoms with van der Waals surface area (Å²) in [6, 6.07) is 3.29. The fraction of sp³-hybridized carbons (Fsp3) is 0.444. The SMILES string of the molecule is COC1=NC(NC(=O)NS(=O)(=O)c2cc(C)ccc2C(=O)OC2COC2)=NC(C)N1C. The van der Waals surface area contributed by atoms with Crippen molar-refractivity contribution in [1.29, 1.82) is 0 Å². The van der Waals surface area contributed by atoms with Gasteiger partial charge in [-0.2, -0.15) is 4.99 Å². The van der Waals surface area contributed by atoms with E-state index in [9.17, 15) is 18.0 Å². The molecule has 2 heterocycles. The van der Waals surface area contributed by atoms with E-state index in [4.69, 9.17) is 14.2 Å². The number of amidine groups is 1. The van der Waals surface area contributed by atoms with Crippen molar-refractivity contribution in [2.75, 3.05) is 27.4 Å². The number of rotatable bonds is 4. The minimum atomic E-state index is -4.42. The lowest BCUT2D eigenvalue weighted by atomic mass is 10.1. The Kier molecular flexibility index (Phi) is 6.45. The second-order valence-electron chi connectivity index (χ2n) is 6.92. The van der Waals surface area contributed by atoms with Crippen LogP contribution in [0.1, 0.15) is 22.8 Å². The van der Waals surface area contributed by atoms with E-state index in [1.54, 1.807) is 31.9 Å². The number of methoxy groups -OCH3 is 1. The van der Waals surface area contributed by atoms with Gasteiger partial charge in [0.05, 0.1) is 25.9 Å². The van der Waals surface area contributed by atoms with Gasteiger partial charge in [-0.25, -0.2) is 27.7 Å². The molecule has 168 valence electrons. The van der Waals surface area contributed by atoms with Gasteiger partial charge in [0.1, 0.15) is 17.2 Å². The van der Waals surface area contributed by atoms with Gasteiger partial charge in [0.25, 0.3) is 16.0 Å². The maximum Gasteiger partial charge on any atom is 0.339 e. The molecule has 12 nitrogen and oxygen atoms in total. The summed E-state index contributed by atoms with van der Waals surface area (Å²) < 4.78 is 42.8. The Morgan fingerprint density at radius 2 is 2.00 bits per heavy atom. The molecule has 2 amide bonds. The van der Waals surface area contributed by atoms with Crippen LogP contribution in [0, 0.1) is 6.92 Å². The first kappa shape index (κ1) is 22.5. The molecule has 3 rings (SSSR count). The van der Waals surface area contributed by atoms with Gasteiger partial charge < -0.3 is 19.1 Å². The molecule has 31 heavy (non-hydrogen) atoms. The quantitative estimate of drug-likeness (QED) is 0.614. The van der Waals surface area contributed by atoms with Gasteiger partial charge >= 0.3 is 12.0 Å². The normalized spacial score (nSPS) is 19.0. The highest BCUT2D eigenvalue weighted by Crippen LogP contribution is 2.20. The summed E-state index contributed by atoms with van der Waals surface area (Å²) in [6.07, 6.45) is -0.828. The minimum Gasteiger partial charge on any atom is -0.468 e. The first-order valence-electron chi connectivity index (χ1n) is 9.27. The summed E-state index contributed by atoms with van der Waals surface area (Å²) in [5.41, 5.74) is 0.384. The highest BCUT2D eigenvalue weighted by atomic mass is 32.2. The average molecular weight is 453 g/mol. The molecule has 2 N–H and O–H groups in total. The summed E-state index contributed by atoms with van der Waals surface area (Å²) in [6.45, 7) is 3.89. The minimum absolute atomic E-state index is 0.121. The number of guanidine groups is 1. The molecule has 1 fully saturated rings. The van der Waals surface area contributed by atoms with Gasteiger partial charge in [0.15, 0.2) is 0 Å². The Balaban J connectivity index is 1.78. The Labute approximate surface area is 179 Å². The van der Waals surface area contributed by atoms with E-state index in [1.807, 2.05) is 4.72 Å². The van der Waals surface area contributed by atoms with Crippen molar-refractivity contribution in [3.8, 4) is 0 Å². The van der Waals surface area contributed by atoms with E-state index < -0.39 is 34.3 Å². The van der Waals surface area contributed by atoms with Gasteiger partial charge in [-0.05, 0) is 31.5 Å². The fourth-order valence-corrected chi connectivity index (χ4v) is 3.88. The molecule has 1 aromatic rings. The molecule has 1 unspecified atom stereocenters. The molecule has 2 aliphatic rings. The van der Waals surface area contributed by atoms with Crippen molar-refractivity contribution in [2.24, 2.45) is 9.98 Å². The summed E-state index contributed by atoms with van der Waals surface area (Å²) in [5.74, 6) is -0.944. The largest absolute Gasteiger partial charge is 0.468 e. The molecule has 1 saturated heterocycles. The average Bonchev–Trinajstić information content (AvgIpc) is 2.66. The van der Waals surface area contributed by atoms with Crippen LogP contribution in [-0.2, 0) is 24.2 Å². The molecule has 0 saturated carbocycles. The van der Waals surface area contributed by atoms with Crippen LogP contribution >= 0.6 is 0 Å². The van der Waals surface area contributed by atoms with Crippen molar-refractivity contribution in [1.82, 2.24) is 14.9 Å². The zero-order valence-electron chi connectivity index (χ0n) is 17.4. The molecule has 0 radical (unpaired) electrons. The zero-order valence-corrected chi connectivity index (χ0v) is 18.2. The third-order valence-corrected chi connectivity index (χ3v) is 5.91. The topological polar surface area (TPSA) is 148 Å². The Morgan fingerprint density at radius 3 is 2.61 bits per heavy atom. The third kappa shape index (κ3) is 5.11. The van der Waals surface area contributed by atoms with Crippen LogP contribution in [0.15, 0.2) is 33.1 Å². The van der Waals surface area contributed by atoms with E-state index in [1.165, 1.54) is 19.2 Å². The zero-order chi connectivity index (χ0) is 22.8. The highest BCUT2D eigenvalue weighted by Gasteiger charge is 2.30. The van der Waals surface area contributed by atoms with Crippen molar-refractivity contribution in [3.05, 3.63) is 29.3 Å². The number of esters is 1. The summed E-state index contributed by atoms with van der Waals surface area (Å²) in [4.78, 5) is 34.2. The van der Waals surface area contributed by atoms with Crippen LogP contribution in [0.4, 0.5) is 4.79 Å². The molecule has 1 atom stereocenters. The number of urea groups is 1. The number of hydrogen-bond acceptors (Lipinski definition) is 10. The maximum atomic E-state index is 12.9. The number of hydrogen-bond donors (Lipinski definition) is 2. The molecule has 0 spiro atoms. The Hall–Kier alpha value is -3.19. The molecule has 1 aromatic carbocycles.